The molecule has 1 aromatic carbocycles. The van der Waals surface area contributed by atoms with E-state index in [1.165, 1.54) is 24.3 Å². The minimum atomic E-state index is -3.82. The standard InChI is InChI=1S/C14H12ClNO3S/c1-9-3-5-11(6-4-9)20(18,19)16-13-8-12(15)14(17)7-10(13)2/h3-8H,1-2H3/b16-13-. The Hall–Kier alpha value is -1.72. The van der Waals surface area contributed by atoms with Crippen molar-refractivity contribution in [2.24, 2.45) is 4.40 Å². The van der Waals surface area contributed by atoms with E-state index >= 15 is 0 Å². The average Bonchev–Trinajstić information content (AvgIpc) is 2.36. The fourth-order valence-electron chi connectivity index (χ4n) is 1.64. The summed E-state index contributed by atoms with van der Waals surface area (Å²) in [5.41, 5.74) is 1.60. The number of hydrogen-bond acceptors (Lipinski definition) is 3. The molecule has 0 spiro atoms. The van der Waals surface area contributed by atoms with Crippen LogP contribution in [-0.2, 0) is 14.8 Å². The van der Waals surface area contributed by atoms with Crippen LogP contribution >= 0.6 is 11.6 Å². The molecule has 0 atom stereocenters. The van der Waals surface area contributed by atoms with E-state index in [1.807, 2.05) is 6.92 Å². The molecule has 2 rings (SSSR count). The molecule has 0 bridgehead atoms. The van der Waals surface area contributed by atoms with Crippen molar-refractivity contribution in [2.45, 2.75) is 18.7 Å². The number of carbonyl (C=O) groups is 1. The van der Waals surface area contributed by atoms with Gasteiger partial charge in [0.1, 0.15) is 0 Å². The molecule has 20 heavy (non-hydrogen) atoms. The van der Waals surface area contributed by atoms with Gasteiger partial charge in [-0.3, -0.25) is 4.79 Å². The molecule has 6 heteroatoms. The second-order valence-electron chi connectivity index (χ2n) is 4.45. The van der Waals surface area contributed by atoms with Crippen LogP contribution in [0.2, 0.25) is 0 Å². The quantitative estimate of drug-likeness (QED) is 0.789. The molecule has 1 aliphatic rings. The maximum atomic E-state index is 12.2. The molecule has 0 radical (unpaired) electrons. The summed E-state index contributed by atoms with van der Waals surface area (Å²) in [6.07, 6.45) is 2.54. The lowest BCUT2D eigenvalue weighted by Gasteiger charge is -2.08. The van der Waals surface area contributed by atoms with Crippen molar-refractivity contribution in [1.29, 1.82) is 0 Å². The molecular weight excluding hydrogens is 298 g/mol. The van der Waals surface area contributed by atoms with Crippen molar-refractivity contribution in [2.75, 3.05) is 0 Å². The summed E-state index contributed by atoms with van der Waals surface area (Å²) in [5, 5.41) is -0.0477. The van der Waals surface area contributed by atoms with Crippen LogP contribution < -0.4 is 0 Å². The van der Waals surface area contributed by atoms with Gasteiger partial charge in [0.15, 0.2) is 5.78 Å². The number of halogens is 1. The predicted octanol–water partition coefficient (Wildman–Crippen LogP) is 2.78. The Morgan fingerprint density at radius 1 is 1.05 bits per heavy atom. The van der Waals surface area contributed by atoms with Crippen LogP contribution in [0.15, 0.2) is 56.3 Å². The summed E-state index contributed by atoms with van der Waals surface area (Å²) in [7, 11) is -3.82. The lowest BCUT2D eigenvalue weighted by molar-refractivity contribution is -0.110. The Labute approximate surface area is 122 Å². The minimum Gasteiger partial charge on any atom is -0.288 e. The van der Waals surface area contributed by atoms with Crippen LogP contribution in [0.5, 0.6) is 0 Å². The Morgan fingerprint density at radius 3 is 2.25 bits per heavy atom. The molecular formula is C14H12ClNO3S. The molecule has 0 aromatic heterocycles. The van der Waals surface area contributed by atoms with Crippen LogP contribution in [0.25, 0.3) is 0 Å². The molecule has 4 nitrogen and oxygen atoms in total. The van der Waals surface area contributed by atoms with E-state index in [-0.39, 0.29) is 21.4 Å². The number of carbonyl (C=O) groups excluding carboxylic acids is 1. The fourth-order valence-corrected chi connectivity index (χ4v) is 2.83. The smallest absolute Gasteiger partial charge is 0.282 e. The molecule has 0 saturated heterocycles. The van der Waals surface area contributed by atoms with E-state index in [0.29, 0.717) is 5.57 Å². The molecule has 0 unspecified atom stereocenters. The number of rotatable bonds is 2. The predicted molar refractivity (Wildman–Crippen MR) is 78.5 cm³/mol. The Kier molecular flexibility index (Phi) is 3.92. The van der Waals surface area contributed by atoms with Crippen molar-refractivity contribution in [3.63, 3.8) is 0 Å². The first-order valence-corrected chi connectivity index (χ1v) is 7.63. The Balaban J connectivity index is 2.46. The lowest BCUT2D eigenvalue weighted by Crippen LogP contribution is -2.11. The van der Waals surface area contributed by atoms with Crippen LogP contribution in [-0.4, -0.2) is 19.9 Å². The Bertz CT molecular complexity index is 756. The van der Waals surface area contributed by atoms with E-state index in [2.05, 4.69) is 4.40 Å². The summed E-state index contributed by atoms with van der Waals surface area (Å²) < 4.78 is 28.1. The minimum absolute atomic E-state index is 0.0477. The maximum Gasteiger partial charge on any atom is 0.282 e. The largest absolute Gasteiger partial charge is 0.288 e. The number of aryl methyl sites for hydroxylation is 1. The first kappa shape index (κ1) is 14.7. The number of benzene rings is 1. The van der Waals surface area contributed by atoms with E-state index in [9.17, 15) is 13.2 Å². The highest BCUT2D eigenvalue weighted by atomic mass is 35.5. The zero-order valence-electron chi connectivity index (χ0n) is 10.9. The average molecular weight is 310 g/mol. The first-order chi connectivity index (χ1) is 9.29. The van der Waals surface area contributed by atoms with Gasteiger partial charge in [0.05, 0.1) is 15.6 Å². The summed E-state index contributed by atoms with van der Waals surface area (Å²) in [4.78, 5) is 11.4. The molecule has 104 valence electrons. The maximum absolute atomic E-state index is 12.2. The van der Waals surface area contributed by atoms with Gasteiger partial charge in [-0.2, -0.15) is 12.8 Å². The molecule has 0 aliphatic heterocycles. The summed E-state index contributed by atoms with van der Waals surface area (Å²) >= 11 is 5.71. The van der Waals surface area contributed by atoms with Crippen molar-refractivity contribution in [3.05, 3.63) is 52.6 Å². The second-order valence-corrected chi connectivity index (χ2v) is 6.46. The van der Waals surface area contributed by atoms with Crippen LogP contribution in [0.4, 0.5) is 0 Å². The van der Waals surface area contributed by atoms with Gasteiger partial charge in [-0.1, -0.05) is 29.3 Å². The van der Waals surface area contributed by atoms with Crippen molar-refractivity contribution in [3.8, 4) is 0 Å². The number of ketones is 1. The first-order valence-electron chi connectivity index (χ1n) is 5.81. The Morgan fingerprint density at radius 2 is 1.65 bits per heavy atom. The summed E-state index contributed by atoms with van der Waals surface area (Å²) in [5.74, 6) is -0.351. The topological polar surface area (TPSA) is 63.6 Å². The fraction of sp³-hybridized carbons (Fsp3) is 0.143. The molecule has 1 aliphatic carbocycles. The number of hydrogen-bond donors (Lipinski definition) is 0. The summed E-state index contributed by atoms with van der Waals surface area (Å²) in [6.45, 7) is 3.48. The van der Waals surface area contributed by atoms with Crippen LogP contribution in [0, 0.1) is 6.92 Å². The zero-order chi connectivity index (χ0) is 14.9. The molecule has 0 heterocycles. The number of nitrogens with zero attached hydrogens (tertiary/aromatic N) is 1. The SMILES string of the molecule is CC1=CC(=O)C(Cl)=C/C1=N/S(=O)(=O)c1ccc(C)cc1. The highest BCUT2D eigenvalue weighted by molar-refractivity contribution is 7.90. The van der Waals surface area contributed by atoms with Gasteiger partial charge in [-0.25, -0.2) is 0 Å². The third kappa shape index (κ3) is 3.05. The summed E-state index contributed by atoms with van der Waals surface area (Å²) in [6, 6.07) is 6.38. The van der Waals surface area contributed by atoms with Gasteiger partial charge >= 0.3 is 0 Å². The van der Waals surface area contributed by atoms with Gasteiger partial charge in [0, 0.05) is 0 Å². The molecule has 1 aromatic rings. The zero-order valence-corrected chi connectivity index (χ0v) is 12.5. The third-order valence-corrected chi connectivity index (χ3v) is 4.39. The van der Waals surface area contributed by atoms with Gasteiger partial charge in [0.2, 0.25) is 0 Å². The van der Waals surface area contributed by atoms with Gasteiger partial charge in [0.25, 0.3) is 10.0 Å². The van der Waals surface area contributed by atoms with Gasteiger partial charge in [-0.05, 0) is 43.7 Å². The number of sulfonamides is 1. The van der Waals surface area contributed by atoms with Crippen molar-refractivity contribution < 1.29 is 13.2 Å². The molecule has 0 amide bonds. The van der Waals surface area contributed by atoms with Crippen molar-refractivity contribution in [1.82, 2.24) is 0 Å². The van der Waals surface area contributed by atoms with E-state index in [4.69, 9.17) is 11.6 Å². The van der Waals surface area contributed by atoms with Crippen molar-refractivity contribution >= 4 is 33.1 Å². The van der Waals surface area contributed by atoms with Crippen LogP contribution in [0.1, 0.15) is 12.5 Å². The molecule has 0 fully saturated rings. The highest BCUT2D eigenvalue weighted by Crippen LogP contribution is 2.19. The normalized spacial score (nSPS) is 17.9. The molecule has 0 saturated carbocycles. The highest BCUT2D eigenvalue weighted by Gasteiger charge is 2.19. The van der Waals surface area contributed by atoms with E-state index < -0.39 is 10.0 Å². The van der Waals surface area contributed by atoms with E-state index in [1.54, 1.807) is 19.1 Å². The van der Waals surface area contributed by atoms with Gasteiger partial charge in [-0.15, -0.1) is 0 Å². The van der Waals surface area contributed by atoms with Crippen LogP contribution in [0.3, 0.4) is 0 Å². The monoisotopic (exact) mass is 309 g/mol. The lowest BCUT2D eigenvalue weighted by atomic mass is 10.1. The van der Waals surface area contributed by atoms with E-state index in [0.717, 1.165) is 5.56 Å². The molecule has 0 N–H and O–H groups in total. The second kappa shape index (κ2) is 5.34. The number of allylic oxidation sites excluding steroid dienone is 4. The third-order valence-electron chi connectivity index (χ3n) is 2.79. The van der Waals surface area contributed by atoms with Gasteiger partial charge < -0.3 is 0 Å².